The highest BCUT2D eigenvalue weighted by atomic mass is 16.5. The highest BCUT2D eigenvalue weighted by Gasteiger charge is 2.36. The number of rotatable bonds is 6. The van der Waals surface area contributed by atoms with Gasteiger partial charge in [-0.15, -0.1) is 11.8 Å². The molecule has 0 bridgehead atoms. The molecule has 2 aromatic rings. The first-order valence-electron chi connectivity index (χ1n) is 9.70. The molecule has 1 aliphatic heterocycles. The smallest absolute Gasteiger partial charge is 0.275 e. The van der Waals surface area contributed by atoms with E-state index in [0.29, 0.717) is 24.6 Å². The van der Waals surface area contributed by atoms with Gasteiger partial charge in [0.1, 0.15) is 12.3 Å². The van der Waals surface area contributed by atoms with Gasteiger partial charge < -0.3 is 15.8 Å². The molecule has 0 fully saturated rings. The van der Waals surface area contributed by atoms with Gasteiger partial charge in [0.15, 0.2) is 5.96 Å². The Morgan fingerprint density at radius 1 is 1.35 bits per heavy atom. The number of ether oxygens (including phenoxy) is 1. The van der Waals surface area contributed by atoms with E-state index in [-0.39, 0.29) is 24.0 Å². The molecule has 2 amide bonds. The van der Waals surface area contributed by atoms with E-state index in [2.05, 4.69) is 32.1 Å². The molecular weight excluding hydrogens is 396 g/mol. The van der Waals surface area contributed by atoms with Crippen LogP contribution in [0.3, 0.4) is 0 Å². The zero-order chi connectivity index (χ0) is 22.4. The van der Waals surface area contributed by atoms with Crippen LogP contribution in [0.2, 0.25) is 0 Å². The lowest BCUT2D eigenvalue weighted by atomic mass is 9.87. The molecule has 160 valence electrons. The van der Waals surface area contributed by atoms with E-state index in [9.17, 15) is 9.59 Å². The maximum absolute atomic E-state index is 12.6. The normalized spacial score (nSPS) is 18.0. The fraction of sp³-hybridized carbons (Fsp3) is 0.318. The molecule has 3 N–H and O–H groups in total. The summed E-state index contributed by atoms with van der Waals surface area (Å²) in [6.45, 7) is 4.00. The van der Waals surface area contributed by atoms with Gasteiger partial charge in [-0.05, 0) is 31.5 Å². The fourth-order valence-electron chi connectivity index (χ4n) is 3.04. The van der Waals surface area contributed by atoms with E-state index in [0.717, 1.165) is 5.56 Å². The number of nitrogens with zero attached hydrogens (tertiary/aromatic N) is 4. The lowest BCUT2D eigenvalue weighted by Gasteiger charge is -2.33. The van der Waals surface area contributed by atoms with Gasteiger partial charge in [0.05, 0.1) is 24.4 Å². The summed E-state index contributed by atoms with van der Waals surface area (Å²) in [7, 11) is 1.59. The van der Waals surface area contributed by atoms with Crippen LogP contribution in [-0.2, 0) is 10.3 Å². The number of nitrogens with one attached hydrogen (secondary N) is 1. The second-order valence-corrected chi connectivity index (χ2v) is 7.17. The van der Waals surface area contributed by atoms with Gasteiger partial charge in [0.2, 0.25) is 11.8 Å². The Bertz CT molecular complexity index is 1070. The van der Waals surface area contributed by atoms with Crippen LogP contribution in [0.15, 0.2) is 41.7 Å². The molecule has 1 aromatic heterocycles. The number of anilines is 1. The number of amides is 2. The van der Waals surface area contributed by atoms with Crippen molar-refractivity contribution >= 4 is 23.5 Å². The third kappa shape index (κ3) is 5.17. The van der Waals surface area contributed by atoms with Crippen molar-refractivity contribution in [2.45, 2.75) is 32.2 Å². The average Bonchev–Trinajstić information content (AvgIpc) is 2.75. The zero-order valence-electron chi connectivity index (χ0n) is 17.7. The van der Waals surface area contributed by atoms with Gasteiger partial charge in [-0.3, -0.25) is 14.5 Å². The summed E-state index contributed by atoms with van der Waals surface area (Å²) in [4.78, 5) is 38.8. The molecule has 0 saturated heterocycles. The predicted molar refractivity (Wildman–Crippen MR) is 116 cm³/mol. The van der Waals surface area contributed by atoms with Gasteiger partial charge in [-0.25, -0.2) is 15.0 Å². The molecule has 9 nitrogen and oxygen atoms in total. The summed E-state index contributed by atoms with van der Waals surface area (Å²) in [5.74, 6) is 5.62. The second-order valence-electron chi connectivity index (χ2n) is 7.17. The van der Waals surface area contributed by atoms with Crippen LogP contribution in [0.5, 0.6) is 5.88 Å². The van der Waals surface area contributed by atoms with Gasteiger partial charge in [-0.1, -0.05) is 12.1 Å². The molecular formula is C22H24N6O3. The van der Waals surface area contributed by atoms with Crippen LogP contribution in [0, 0.1) is 11.8 Å². The number of hydrogen-bond acceptors (Lipinski definition) is 7. The molecule has 0 radical (unpaired) electrons. The minimum absolute atomic E-state index is 0.122. The minimum Gasteiger partial charge on any atom is -0.476 e. The number of guanidine groups is 1. The van der Waals surface area contributed by atoms with E-state index in [1.807, 2.05) is 13.0 Å². The second kappa shape index (κ2) is 9.26. The molecule has 0 saturated carbocycles. The van der Waals surface area contributed by atoms with Crippen LogP contribution in [0.1, 0.15) is 42.7 Å². The van der Waals surface area contributed by atoms with E-state index in [1.54, 1.807) is 32.2 Å². The Labute approximate surface area is 180 Å². The van der Waals surface area contributed by atoms with Crippen molar-refractivity contribution in [3.8, 4) is 17.7 Å². The number of benzene rings is 1. The fourth-order valence-corrected chi connectivity index (χ4v) is 3.04. The summed E-state index contributed by atoms with van der Waals surface area (Å²) in [5.41, 5.74) is 6.53. The van der Waals surface area contributed by atoms with E-state index in [1.165, 1.54) is 17.3 Å². The first kappa shape index (κ1) is 21.8. The predicted octanol–water partition coefficient (Wildman–Crippen LogP) is 1.91. The minimum atomic E-state index is -0.810. The van der Waals surface area contributed by atoms with Crippen molar-refractivity contribution in [2.24, 2.45) is 10.7 Å². The van der Waals surface area contributed by atoms with Crippen LogP contribution < -0.4 is 15.8 Å². The number of carbonyl (C=O) groups excluding carboxylic acids is 2. The van der Waals surface area contributed by atoms with Crippen molar-refractivity contribution in [1.82, 2.24) is 14.9 Å². The summed E-state index contributed by atoms with van der Waals surface area (Å²) < 4.78 is 5.42. The van der Waals surface area contributed by atoms with Crippen molar-refractivity contribution in [2.75, 3.05) is 19.0 Å². The van der Waals surface area contributed by atoms with Gasteiger partial charge in [0, 0.05) is 19.2 Å². The molecule has 3 rings (SSSR count). The Balaban J connectivity index is 1.70. The topological polar surface area (TPSA) is 123 Å². The zero-order valence-corrected chi connectivity index (χ0v) is 17.7. The first-order valence-corrected chi connectivity index (χ1v) is 9.70. The van der Waals surface area contributed by atoms with Gasteiger partial charge in [-0.2, -0.15) is 0 Å². The van der Waals surface area contributed by atoms with E-state index in [4.69, 9.17) is 10.5 Å². The molecule has 0 aliphatic carbocycles. The molecule has 1 atom stereocenters. The monoisotopic (exact) mass is 420 g/mol. The SMILES string of the molecule is CC#CCCOc1cnc(C(=O)Nc2cccc(C3(C)CC(=O)N(C)C(N)=N3)c2)cn1. The number of nitrogens with two attached hydrogens (primary N) is 1. The standard InChI is InChI=1S/C22H24N6O3/c1-4-5-6-10-31-18-14-24-17(13-25-18)20(30)26-16-9-7-8-15(11-16)22(2)12-19(29)28(3)21(23)27-22/h7-9,11,13-14H,6,10,12H2,1-3H3,(H2,23,27)(H,26,30). The Kier molecular flexibility index (Phi) is 6.50. The molecule has 31 heavy (non-hydrogen) atoms. The van der Waals surface area contributed by atoms with Crippen LogP contribution >= 0.6 is 0 Å². The van der Waals surface area contributed by atoms with Crippen molar-refractivity contribution < 1.29 is 14.3 Å². The maximum Gasteiger partial charge on any atom is 0.275 e. The number of carbonyl (C=O) groups is 2. The Hall–Kier alpha value is -3.93. The molecule has 0 spiro atoms. The summed E-state index contributed by atoms with van der Waals surface area (Å²) in [6, 6.07) is 7.15. The third-order valence-electron chi connectivity index (χ3n) is 4.83. The van der Waals surface area contributed by atoms with Crippen molar-refractivity contribution in [3.05, 3.63) is 47.9 Å². The van der Waals surface area contributed by atoms with E-state index >= 15 is 0 Å². The van der Waals surface area contributed by atoms with Gasteiger partial charge >= 0.3 is 0 Å². The Morgan fingerprint density at radius 2 is 2.16 bits per heavy atom. The lowest BCUT2D eigenvalue weighted by Crippen LogP contribution is -2.47. The number of hydrogen-bond donors (Lipinski definition) is 2. The average molecular weight is 420 g/mol. The van der Waals surface area contributed by atoms with E-state index < -0.39 is 11.4 Å². The molecule has 2 heterocycles. The highest BCUT2D eigenvalue weighted by Crippen LogP contribution is 2.34. The number of aromatic nitrogens is 2. The van der Waals surface area contributed by atoms with Crippen molar-refractivity contribution in [3.63, 3.8) is 0 Å². The molecule has 9 heteroatoms. The molecule has 1 aromatic carbocycles. The highest BCUT2D eigenvalue weighted by molar-refractivity contribution is 6.03. The summed E-state index contributed by atoms with van der Waals surface area (Å²) >= 11 is 0. The third-order valence-corrected chi connectivity index (χ3v) is 4.83. The maximum atomic E-state index is 12.6. The Morgan fingerprint density at radius 3 is 2.84 bits per heavy atom. The largest absolute Gasteiger partial charge is 0.476 e. The van der Waals surface area contributed by atoms with Crippen LogP contribution in [-0.4, -0.2) is 46.3 Å². The quantitative estimate of drug-likeness (QED) is 0.544. The summed E-state index contributed by atoms with van der Waals surface area (Å²) in [6.07, 6.45) is 3.51. The summed E-state index contributed by atoms with van der Waals surface area (Å²) in [5, 5.41) is 2.79. The van der Waals surface area contributed by atoms with Crippen LogP contribution in [0.25, 0.3) is 0 Å². The van der Waals surface area contributed by atoms with Crippen LogP contribution in [0.4, 0.5) is 5.69 Å². The van der Waals surface area contributed by atoms with Crippen molar-refractivity contribution in [1.29, 1.82) is 0 Å². The first-order chi connectivity index (χ1) is 14.8. The molecule has 1 unspecified atom stereocenters. The van der Waals surface area contributed by atoms with Gasteiger partial charge in [0.25, 0.3) is 5.91 Å². The number of aliphatic imine (C=N–C) groups is 1. The lowest BCUT2D eigenvalue weighted by molar-refractivity contribution is -0.128. The molecule has 1 aliphatic rings.